The zero-order valence-corrected chi connectivity index (χ0v) is 14.7. The van der Waals surface area contributed by atoms with E-state index in [1.165, 1.54) is 16.9 Å². The fourth-order valence-electron chi connectivity index (χ4n) is 2.57. The highest BCUT2D eigenvalue weighted by molar-refractivity contribution is 7.22. The first kappa shape index (κ1) is 17.1. The summed E-state index contributed by atoms with van der Waals surface area (Å²) in [5.41, 5.74) is 2.15. The number of carbonyl (C=O) groups is 1. The molecule has 1 aromatic carbocycles. The second-order valence-corrected chi connectivity index (χ2v) is 6.85. The molecule has 0 unspecified atom stereocenters. The molecule has 0 saturated carbocycles. The molecular weight excluding hydrogens is 326 g/mol. The predicted octanol–water partition coefficient (Wildman–Crippen LogP) is 3.48. The van der Waals surface area contributed by atoms with E-state index in [4.69, 9.17) is 9.47 Å². The molecule has 1 aliphatic heterocycles. The molecule has 0 radical (unpaired) electrons. The molecule has 1 amide bonds. The van der Waals surface area contributed by atoms with Gasteiger partial charge in [0.05, 0.1) is 30.0 Å². The number of amides is 1. The Morgan fingerprint density at radius 3 is 3.04 bits per heavy atom. The van der Waals surface area contributed by atoms with Gasteiger partial charge in [0.1, 0.15) is 0 Å². The standard InChI is InChI=1S/C17H23N3O3S/c1-2-3-8-23-17(21)19-16-18-14-5-4-13(11-15(14)24-16)12-20-6-9-22-10-7-20/h4-5,11H,2-3,6-10,12H2,1H3,(H,18,19,21). The molecule has 1 fully saturated rings. The van der Waals surface area contributed by atoms with Crippen molar-refractivity contribution in [3.63, 3.8) is 0 Å². The monoisotopic (exact) mass is 349 g/mol. The van der Waals surface area contributed by atoms with Crippen LogP contribution in [0.3, 0.4) is 0 Å². The molecular formula is C17H23N3O3S. The van der Waals surface area contributed by atoms with Gasteiger partial charge < -0.3 is 9.47 Å². The van der Waals surface area contributed by atoms with Crippen LogP contribution in [0.25, 0.3) is 10.2 Å². The Labute approximate surface area is 145 Å². The molecule has 130 valence electrons. The highest BCUT2D eigenvalue weighted by atomic mass is 32.1. The van der Waals surface area contributed by atoms with Gasteiger partial charge in [0.2, 0.25) is 0 Å². The van der Waals surface area contributed by atoms with Crippen LogP contribution in [0.5, 0.6) is 0 Å². The van der Waals surface area contributed by atoms with E-state index in [1.807, 2.05) is 6.07 Å². The van der Waals surface area contributed by atoms with E-state index in [-0.39, 0.29) is 0 Å². The smallest absolute Gasteiger partial charge is 0.413 e. The highest BCUT2D eigenvalue weighted by Crippen LogP contribution is 2.27. The Balaban J connectivity index is 1.61. The third-order valence-electron chi connectivity index (χ3n) is 3.90. The van der Waals surface area contributed by atoms with E-state index in [2.05, 4.69) is 34.3 Å². The van der Waals surface area contributed by atoms with Crippen molar-refractivity contribution in [3.8, 4) is 0 Å². The summed E-state index contributed by atoms with van der Waals surface area (Å²) in [6, 6.07) is 6.26. The van der Waals surface area contributed by atoms with Crippen LogP contribution in [0.1, 0.15) is 25.3 Å². The molecule has 24 heavy (non-hydrogen) atoms. The molecule has 6 nitrogen and oxygen atoms in total. The Morgan fingerprint density at radius 2 is 2.25 bits per heavy atom. The number of aromatic nitrogens is 1. The number of hydrogen-bond acceptors (Lipinski definition) is 6. The van der Waals surface area contributed by atoms with Crippen LogP contribution in [0.15, 0.2) is 18.2 Å². The van der Waals surface area contributed by atoms with Gasteiger partial charge >= 0.3 is 6.09 Å². The van der Waals surface area contributed by atoms with Gasteiger partial charge in [-0.05, 0) is 24.1 Å². The number of ether oxygens (including phenoxy) is 2. The molecule has 1 aliphatic rings. The Morgan fingerprint density at radius 1 is 1.42 bits per heavy atom. The maximum atomic E-state index is 11.7. The highest BCUT2D eigenvalue weighted by Gasteiger charge is 2.12. The third kappa shape index (κ3) is 4.66. The summed E-state index contributed by atoms with van der Waals surface area (Å²) >= 11 is 1.47. The molecule has 2 heterocycles. The van der Waals surface area contributed by atoms with Gasteiger partial charge in [-0.2, -0.15) is 0 Å². The largest absolute Gasteiger partial charge is 0.449 e. The molecule has 3 rings (SSSR count). The number of unbranched alkanes of at least 4 members (excludes halogenated alkanes) is 1. The van der Waals surface area contributed by atoms with Gasteiger partial charge in [0.25, 0.3) is 0 Å². The van der Waals surface area contributed by atoms with Crippen LogP contribution in [0.4, 0.5) is 9.93 Å². The van der Waals surface area contributed by atoms with E-state index in [1.54, 1.807) is 0 Å². The summed E-state index contributed by atoms with van der Waals surface area (Å²) in [7, 11) is 0. The van der Waals surface area contributed by atoms with Crippen molar-refractivity contribution in [1.82, 2.24) is 9.88 Å². The van der Waals surface area contributed by atoms with E-state index in [9.17, 15) is 4.79 Å². The average Bonchev–Trinajstić information content (AvgIpc) is 2.97. The lowest BCUT2D eigenvalue weighted by molar-refractivity contribution is 0.0342. The van der Waals surface area contributed by atoms with E-state index < -0.39 is 6.09 Å². The van der Waals surface area contributed by atoms with Crippen LogP contribution < -0.4 is 5.32 Å². The number of nitrogens with one attached hydrogen (secondary N) is 1. The zero-order valence-electron chi connectivity index (χ0n) is 13.9. The first-order valence-corrected chi connectivity index (χ1v) is 9.19. The quantitative estimate of drug-likeness (QED) is 0.809. The molecule has 2 aromatic rings. The molecule has 0 bridgehead atoms. The molecule has 1 saturated heterocycles. The van der Waals surface area contributed by atoms with Crippen LogP contribution in [-0.4, -0.2) is 48.9 Å². The average molecular weight is 349 g/mol. The Kier molecular flexibility index (Phi) is 6.01. The number of thiazole rings is 1. The van der Waals surface area contributed by atoms with Crippen LogP contribution in [0.2, 0.25) is 0 Å². The van der Waals surface area contributed by atoms with Crippen molar-refractivity contribution in [2.45, 2.75) is 26.3 Å². The lowest BCUT2D eigenvalue weighted by atomic mass is 10.2. The lowest BCUT2D eigenvalue weighted by Gasteiger charge is -2.26. The Hall–Kier alpha value is -1.70. The lowest BCUT2D eigenvalue weighted by Crippen LogP contribution is -2.35. The first-order chi connectivity index (χ1) is 11.7. The maximum absolute atomic E-state index is 11.7. The first-order valence-electron chi connectivity index (χ1n) is 8.38. The number of nitrogens with zero attached hydrogens (tertiary/aromatic N) is 2. The van der Waals surface area contributed by atoms with Crippen LogP contribution in [0, 0.1) is 0 Å². The Bertz CT molecular complexity index is 683. The number of morpholine rings is 1. The SMILES string of the molecule is CCCCOC(=O)Nc1nc2ccc(CN3CCOCC3)cc2s1. The number of benzene rings is 1. The number of rotatable bonds is 6. The van der Waals surface area contributed by atoms with Gasteiger partial charge in [0, 0.05) is 19.6 Å². The van der Waals surface area contributed by atoms with E-state index in [0.29, 0.717) is 11.7 Å². The summed E-state index contributed by atoms with van der Waals surface area (Å²) in [6.07, 6.45) is 1.44. The van der Waals surface area contributed by atoms with Crippen molar-refractivity contribution < 1.29 is 14.3 Å². The van der Waals surface area contributed by atoms with Crippen molar-refractivity contribution in [1.29, 1.82) is 0 Å². The predicted molar refractivity (Wildman–Crippen MR) is 95.6 cm³/mol. The second-order valence-electron chi connectivity index (χ2n) is 5.82. The molecule has 1 N–H and O–H groups in total. The maximum Gasteiger partial charge on any atom is 0.413 e. The second kappa shape index (κ2) is 8.41. The molecule has 0 atom stereocenters. The number of anilines is 1. The normalized spacial score (nSPS) is 15.5. The minimum absolute atomic E-state index is 0.434. The van der Waals surface area contributed by atoms with Crippen LogP contribution in [-0.2, 0) is 16.0 Å². The zero-order chi connectivity index (χ0) is 16.8. The summed E-state index contributed by atoms with van der Waals surface area (Å²) in [4.78, 5) is 18.5. The number of carbonyl (C=O) groups excluding carboxylic acids is 1. The van der Waals surface area contributed by atoms with Gasteiger partial charge in [-0.3, -0.25) is 10.2 Å². The van der Waals surface area contributed by atoms with Gasteiger partial charge in [-0.15, -0.1) is 0 Å². The summed E-state index contributed by atoms with van der Waals surface area (Å²) in [5, 5.41) is 3.29. The molecule has 7 heteroatoms. The molecule has 0 aliphatic carbocycles. The fraction of sp³-hybridized carbons (Fsp3) is 0.529. The molecule has 0 spiro atoms. The molecule has 1 aromatic heterocycles. The summed E-state index contributed by atoms with van der Waals surface area (Å²) in [6.45, 7) is 6.96. The fourth-order valence-corrected chi connectivity index (χ4v) is 3.49. The minimum atomic E-state index is -0.434. The van der Waals surface area contributed by atoms with Crippen molar-refractivity contribution >= 4 is 32.8 Å². The van der Waals surface area contributed by atoms with Crippen molar-refractivity contribution in [2.24, 2.45) is 0 Å². The van der Waals surface area contributed by atoms with E-state index in [0.717, 1.165) is 55.9 Å². The summed E-state index contributed by atoms with van der Waals surface area (Å²) in [5.74, 6) is 0. The van der Waals surface area contributed by atoms with Gasteiger partial charge in [-0.1, -0.05) is 30.7 Å². The van der Waals surface area contributed by atoms with Gasteiger partial charge in [0.15, 0.2) is 5.13 Å². The minimum Gasteiger partial charge on any atom is -0.449 e. The van der Waals surface area contributed by atoms with Gasteiger partial charge in [-0.25, -0.2) is 9.78 Å². The van der Waals surface area contributed by atoms with Crippen LogP contribution >= 0.6 is 11.3 Å². The third-order valence-corrected chi connectivity index (χ3v) is 4.84. The topological polar surface area (TPSA) is 63.7 Å². The van der Waals surface area contributed by atoms with Crippen molar-refractivity contribution in [3.05, 3.63) is 23.8 Å². The summed E-state index contributed by atoms with van der Waals surface area (Å²) < 4.78 is 11.6. The number of hydrogen-bond donors (Lipinski definition) is 1. The van der Waals surface area contributed by atoms with E-state index >= 15 is 0 Å². The number of fused-ring (bicyclic) bond motifs is 1. The van der Waals surface area contributed by atoms with Crippen molar-refractivity contribution in [2.75, 3.05) is 38.2 Å².